The summed E-state index contributed by atoms with van der Waals surface area (Å²) >= 11 is 5.59. The fourth-order valence-corrected chi connectivity index (χ4v) is 3.14. The van der Waals surface area contributed by atoms with Gasteiger partial charge < -0.3 is 10.2 Å². The van der Waals surface area contributed by atoms with E-state index in [9.17, 15) is 22.8 Å². The van der Waals surface area contributed by atoms with Gasteiger partial charge in [0, 0.05) is 24.2 Å². The molecule has 1 heterocycles. The molecule has 1 aliphatic heterocycles. The standard InChI is InChI=1S/C18H22ClF3N2O2/c1-17(2,3)16(26)24-8-4-5-11(10-24)15(25)23-12-6-7-14(19)13(9-12)18(20,21)22/h6-7,9,11H,4-5,8,10H2,1-3H3,(H,23,25). The van der Waals surface area contributed by atoms with Crippen molar-refractivity contribution in [2.75, 3.05) is 18.4 Å². The summed E-state index contributed by atoms with van der Waals surface area (Å²) in [7, 11) is 0. The number of likely N-dealkylation sites (tertiary alicyclic amines) is 1. The van der Waals surface area contributed by atoms with Crippen molar-refractivity contribution >= 4 is 29.1 Å². The molecule has 0 saturated carbocycles. The highest BCUT2D eigenvalue weighted by Crippen LogP contribution is 2.36. The van der Waals surface area contributed by atoms with Gasteiger partial charge in [-0.2, -0.15) is 13.2 Å². The van der Waals surface area contributed by atoms with Crippen LogP contribution in [0.3, 0.4) is 0 Å². The topological polar surface area (TPSA) is 49.4 Å². The van der Waals surface area contributed by atoms with E-state index in [0.717, 1.165) is 12.1 Å². The highest BCUT2D eigenvalue weighted by Gasteiger charge is 2.35. The van der Waals surface area contributed by atoms with E-state index in [1.807, 2.05) is 20.8 Å². The smallest absolute Gasteiger partial charge is 0.341 e. The lowest BCUT2D eigenvalue weighted by Gasteiger charge is -2.35. The minimum atomic E-state index is -4.60. The van der Waals surface area contributed by atoms with Gasteiger partial charge in [0.1, 0.15) is 0 Å². The Morgan fingerprint density at radius 2 is 1.88 bits per heavy atom. The van der Waals surface area contributed by atoms with Crippen molar-refractivity contribution in [3.63, 3.8) is 0 Å². The number of hydrogen-bond acceptors (Lipinski definition) is 2. The van der Waals surface area contributed by atoms with Crippen molar-refractivity contribution in [3.8, 4) is 0 Å². The lowest BCUT2D eigenvalue weighted by atomic mass is 9.91. The molecule has 1 aliphatic rings. The van der Waals surface area contributed by atoms with E-state index in [1.54, 1.807) is 4.90 Å². The fraction of sp³-hybridized carbons (Fsp3) is 0.556. The van der Waals surface area contributed by atoms with Gasteiger partial charge in [-0.1, -0.05) is 32.4 Å². The third-order valence-corrected chi connectivity index (χ3v) is 4.59. The Morgan fingerprint density at radius 3 is 2.46 bits per heavy atom. The molecule has 26 heavy (non-hydrogen) atoms. The third kappa shape index (κ3) is 4.90. The maximum atomic E-state index is 12.9. The number of nitrogens with zero attached hydrogens (tertiary/aromatic N) is 1. The predicted octanol–water partition coefficient (Wildman–Crippen LogP) is 4.58. The van der Waals surface area contributed by atoms with Crippen molar-refractivity contribution < 1.29 is 22.8 Å². The van der Waals surface area contributed by atoms with Gasteiger partial charge in [-0.15, -0.1) is 0 Å². The molecular weight excluding hydrogens is 369 g/mol. The van der Waals surface area contributed by atoms with Gasteiger partial charge in [-0.05, 0) is 31.0 Å². The number of carbonyl (C=O) groups excluding carboxylic acids is 2. The average Bonchev–Trinajstić information content (AvgIpc) is 2.54. The van der Waals surface area contributed by atoms with Gasteiger partial charge in [0.15, 0.2) is 0 Å². The van der Waals surface area contributed by atoms with Crippen LogP contribution in [-0.2, 0) is 15.8 Å². The molecule has 0 aliphatic carbocycles. The average molecular weight is 391 g/mol. The number of piperidine rings is 1. The normalized spacial score (nSPS) is 18.6. The second kappa shape index (κ2) is 7.47. The summed E-state index contributed by atoms with van der Waals surface area (Å²) in [5, 5.41) is 2.09. The third-order valence-electron chi connectivity index (χ3n) is 4.26. The van der Waals surface area contributed by atoms with E-state index < -0.39 is 34.0 Å². The van der Waals surface area contributed by atoms with Gasteiger partial charge in [0.25, 0.3) is 0 Å². The summed E-state index contributed by atoms with van der Waals surface area (Å²) in [5.41, 5.74) is -1.51. The molecule has 1 unspecified atom stereocenters. The summed E-state index contributed by atoms with van der Waals surface area (Å²) in [6, 6.07) is 3.26. The van der Waals surface area contributed by atoms with Crippen molar-refractivity contribution in [2.24, 2.45) is 11.3 Å². The Labute approximate surface area is 155 Å². The maximum Gasteiger partial charge on any atom is 0.417 e. The van der Waals surface area contributed by atoms with Crippen LogP contribution in [0.15, 0.2) is 18.2 Å². The Kier molecular flexibility index (Phi) is 5.90. The molecule has 1 N–H and O–H groups in total. The lowest BCUT2D eigenvalue weighted by Crippen LogP contribution is -2.47. The molecule has 2 amide bonds. The van der Waals surface area contributed by atoms with Gasteiger partial charge in [-0.3, -0.25) is 9.59 Å². The number of rotatable bonds is 2. The predicted molar refractivity (Wildman–Crippen MR) is 93.8 cm³/mol. The Hall–Kier alpha value is -1.76. The molecule has 4 nitrogen and oxygen atoms in total. The molecule has 1 saturated heterocycles. The van der Waals surface area contributed by atoms with E-state index in [-0.39, 0.29) is 18.1 Å². The molecule has 0 spiro atoms. The molecular formula is C18H22ClF3N2O2. The number of halogens is 4. The van der Waals surface area contributed by atoms with Gasteiger partial charge >= 0.3 is 6.18 Å². The first-order valence-corrected chi connectivity index (χ1v) is 8.74. The van der Waals surface area contributed by atoms with E-state index in [4.69, 9.17) is 11.6 Å². The summed E-state index contributed by atoms with van der Waals surface area (Å²) < 4.78 is 38.8. The van der Waals surface area contributed by atoms with Crippen LogP contribution in [-0.4, -0.2) is 29.8 Å². The van der Waals surface area contributed by atoms with Gasteiger partial charge in [-0.25, -0.2) is 0 Å². The molecule has 0 bridgehead atoms. The Morgan fingerprint density at radius 1 is 1.23 bits per heavy atom. The highest BCUT2D eigenvalue weighted by atomic mass is 35.5. The zero-order valence-electron chi connectivity index (χ0n) is 14.9. The molecule has 1 atom stereocenters. The molecule has 0 radical (unpaired) electrons. The number of carbonyl (C=O) groups is 2. The Balaban J connectivity index is 2.09. The molecule has 144 valence electrons. The van der Waals surface area contributed by atoms with Crippen LogP contribution >= 0.6 is 11.6 Å². The SMILES string of the molecule is CC(C)(C)C(=O)N1CCCC(C(=O)Nc2ccc(Cl)c(C(F)(F)F)c2)C1. The molecule has 0 aromatic heterocycles. The van der Waals surface area contributed by atoms with E-state index in [2.05, 4.69) is 5.32 Å². The molecule has 8 heteroatoms. The second-order valence-electron chi connectivity index (χ2n) is 7.52. The van der Waals surface area contributed by atoms with Crippen LogP contribution in [0.2, 0.25) is 5.02 Å². The van der Waals surface area contributed by atoms with E-state index in [0.29, 0.717) is 19.4 Å². The van der Waals surface area contributed by atoms with Crippen molar-refractivity contribution in [2.45, 2.75) is 39.8 Å². The lowest BCUT2D eigenvalue weighted by molar-refractivity contribution is -0.142. The highest BCUT2D eigenvalue weighted by molar-refractivity contribution is 6.31. The van der Waals surface area contributed by atoms with Crippen molar-refractivity contribution in [3.05, 3.63) is 28.8 Å². The number of nitrogens with one attached hydrogen (secondary N) is 1. The van der Waals surface area contributed by atoms with Gasteiger partial charge in [0.05, 0.1) is 16.5 Å². The Bertz CT molecular complexity index is 699. The molecule has 2 rings (SSSR count). The number of alkyl halides is 3. The largest absolute Gasteiger partial charge is 0.417 e. The quantitative estimate of drug-likeness (QED) is 0.803. The van der Waals surface area contributed by atoms with E-state index in [1.165, 1.54) is 6.07 Å². The first kappa shape index (κ1) is 20.6. The first-order valence-electron chi connectivity index (χ1n) is 8.36. The van der Waals surface area contributed by atoms with Crippen molar-refractivity contribution in [1.82, 2.24) is 4.90 Å². The number of hydrogen-bond donors (Lipinski definition) is 1. The zero-order chi connectivity index (χ0) is 19.7. The first-order chi connectivity index (χ1) is 11.9. The number of benzene rings is 1. The summed E-state index contributed by atoms with van der Waals surface area (Å²) in [6.45, 7) is 6.28. The minimum Gasteiger partial charge on any atom is -0.341 e. The van der Waals surface area contributed by atoms with Crippen LogP contribution in [0.4, 0.5) is 18.9 Å². The second-order valence-corrected chi connectivity index (χ2v) is 7.93. The monoisotopic (exact) mass is 390 g/mol. The summed E-state index contributed by atoms with van der Waals surface area (Å²) in [5.74, 6) is -0.896. The van der Waals surface area contributed by atoms with E-state index >= 15 is 0 Å². The maximum absolute atomic E-state index is 12.9. The zero-order valence-corrected chi connectivity index (χ0v) is 15.7. The number of amides is 2. The van der Waals surface area contributed by atoms with Crippen LogP contribution < -0.4 is 5.32 Å². The van der Waals surface area contributed by atoms with Gasteiger partial charge in [0.2, 0.25) is 11.8 Å². The fourth-order valence-electron chi connectivity index (χ4n) is 2.91. The molecule has 1 aromatic carbocycles. The van der Waals surface area contributed by atoms with Crippen LogP contribution in [0.25, 0.3) is 0 Å². The summed E-state index contributed by atoms with van der Waals surface area (Å²) in [4.78, 5) is 26.5. The summed E-state index contributed by atoms with van der Waals surface area (Å²) in [6.07, 6.45) is -3.34. The number of anilines is 1. The molecule has 1 aromatic rings. The van der Waals surface area contributed by atoms with Crippen LogP contribution in [0.5, 0.6) is 0 Å². The van der Waals surface area contributed by atoms with Crippen molar-refractivity contribution in [1.29, 1.82) is 0 Å². The van der Waals surface area contributed by atoms with Crippen LogP contribution in [0.1, 0.15) is 39.2 Å². The van der Waals surface area contributed by atoms with Crippen LogP contribution in [0, 0.1) is 11.3 Å². The molecule has 1 fully saturated rings. The minimum absolute atomic E-state index is 0.0333.